The van der Waals surface area contributed by atoms with Gasteiger partial charge in [-0.25, -0.2) is 0 Å². The zero-order valence-electron chi connectivity index (χ0n) is 13.3. The Kier molecular flexibility index (Phi) is 6.16. The summed E-state index contributed by atoms with van der Waals surface area (Å²) in [4.78, 5) is 14.3. The van der Waals surface area contributed by atoms with Crippen LogP contribution >= 0.6 is 23.2 Å². The fourth-order valence-corrected chi connectivity index (χ4v) is 2.90. The number of nitrogens with one attached hydrogen (secondary N) is 1. The first kappa shape index (κ1) is 17.9. The largest absolute Gasteiger partial charge is 0.385 e. The molecule has 2 rings (SSSR count). The molecule has 0 aromatic heterocycles. The van der Waals surface area contributed by atoms with Crippen molar-refractivity contribution in [2.45, 2.75) is 20.3 Å². The molecule has 1 aliphatic rings. The first-order valence-corrected chi connectivity index (χ1v) is 8.18. The van der Waals surface area contributed by atoms with Crippen LogP contribution in [0.5, 0.6) is 0 Å². The third-order valence-electron chi connectivity index (χ3n) is 3.67. The van der Waals surface area contributed by atoms with Gasteiger partial charge in [-0.1, -0.05) is 23.2 Å². The van der Waals surface area contributed by atoms with Crippen LogP contribution < -0.4 is 16.0 Å². The van der Waals surface area contributed by atoms with Crippen molar-refractivity contribution in [2.75, 3.05) is 31.2 Å². The van der Waals surface area contributed by atoms with E-state index in [0.717, 1.165) is 24.4 Å². The molecule has 0 spiro atoms. The van der Waals surface area contributed by atoms with Gasteiger partial charge in [0.2, 0.25) is 5.91 Å². The lowest BCUT2D eigenvalue weighted by Gasteiger charge is -2.30. The maximum absolute atomic E-state index is 12.1. The summed E-state index contributed by atoms with van der Waals surface area (Å²) in [6, 6.07) is 3.65. The lowest BCUT2D eigenvalue weighted by atomic mass is 10.1. The van der Waals surface area contributed by atoms with Crippen LogP contribution in [0, 0.1) is 0 Å². The third-order valence-corrected chi connectivity index (χ3v) is 4.44. The molecule has 0 atom stereocenters. The summed E-state index contributed by atoms with van der Waals surface area (Å²) < 4.78 is 5.35. The number of hydrogen-bond donors (Lipinski definition) is 2. The molecule has 1 saturated heterocycles. The van der Waals surface area contributed by atoms with E-state index in [0.29, 0.717) is 34.6 Å². The highest BCUT2D eigenvalue weighted by Gasteiger charge is 2.19. The van der Waals surface area contributed by atoms with Gasteiger partial charge < -0.3 is 20.7 Å². The van der Waals surface area contributed by atoms with Gasteiger partial charge in [0.25, 0.3) is 0 Å². The van der Waals surface area contributed by atoms with Crippen molar-refractivity contribution in [2.24, 2.45) is 5.73 Å². The van der Waals surface area contributed by atoms with E-state index < -0.39 is 0 Å². The highest BCUT2D eigenvalue weighted by atomic mass is 35.5. The molecule has 7 heteroatoms. The van der Waals surface area contributed by atoms with Crippen molar-refractivity contribution in [3.05, 3.63) is 39.1 Å². The smallest absolute Gasteiger partial charge is 0.229 e. The van der Waals surface area contributed by atoms with E-state index >= 15 is 0 Å². The lowest BCUT2D eigenvalue weighted by Crippen LogP contribution is -2.36. The van der Waals surface area contributed by atoms with Gasteiger partial charge >= 0.3 is 0 Å². The average molecular weight is 358 g/mol. The quantitative estimate of drug-likeness (QED) is 0.869. The van der Waals surface area contributed by atoms with E-state index in [9.17, 15) is 4.79 Å². The van der Waals surface area contributed by atoms with Gasteiger partial charge in [-0.15, -0.1) is 0 Å². The Morgan fingerprint density at radius 1 is 1.30 bits per heavy atom. The summed E-state index contributed by atoms with van der Waals surface area (Å²) >= 11 is 12.7. The average Bonchev–Trinajstić information content (AvgIpc) is 2.52. The molecule has 3 N–H and O–H groups in total. The monoisotopic (exact) mass is 357 g/mol. The SMILES string of the molecule is CC(C)=C(N)NC(=O)Cc1c(Cl)ccc(N2CCOCC2)c1Cl. The number of benzene rings is 1. The molecule has 1 amide bonds. The van der Waals surface area contributed by atoms with Gasteiger partial charge in [-0.3, -0.25) is 4.79 Å². The van der Waals surface area contributed by atoms with Crippen LogP contribution in [0.2, 0.25) is 10.0 Å². The number of nitrogens with two attached hydrogens (primary N) is 1. The summed E-state index contributed by atoms with van der Waals surface area (Å²) in [5, 5.41) is 3.62. The Bertz CT molecular complexity index is 622. The Labute approximate surface area is 146 Å². The number of halogens is 2. The summed E-state index contributed by atoms with van der Waals surface area (Å²) in [6.07, 6.45) is 0.0732. The number of carbonyl (C=O) groups excluding carboxylic acids is 1. The van der Waals surface area contributed by atoms with Crippen LogP contribution in [0.3, 0.4) is 0 Å². The lowest BCUT2D eigenvalue weighted by molar-refractivity contribution is -0.119. The molecule has 5 nitrogen and oxygen atoms in total. The van der Waals surface area contributed by atoms with E-state index in [4.69, 9.17) is 33.7 Å². The predicted molar refractivity (Wildman–Crippen MR) is 93.9 cm³/mol. The van der Waals surface area contributed by atoms with Crippen LogP contribution in [0.4, 0.5) is 5.69 Å². The second-order valence-corrected chi connectivity index (χ2v) is 6.38. The predicted octanol–water partition coefficient (Wildman–Crippen LogP) is 2.70. The van der Waals surface area contributed by atoms with E-state index in [1.807, 2.05) is 19.9 Å². The number of hydrogen-bond acceptors (Lipinski definition) is 4. The fourth-order valence-electron chi connectivity index (χ4n) is 2.28. The topological polar surface area (TPSA) is 67.6 Å². The van der Waals surface area contributed by atoms with Gasteiger partial charge in [-0.05, 0) is 31.6 Å². The van der Waals surface area contributed by atoms with E-state index in [2.05, 4.69) is 10.2 Å². The highest BCUT2D eigenvalue weighted by molar-refractivity contribution is 6.38. The Morgan fingerprint density at radius 2 is 1.96 bits per heavy atom. The first-order valence-electron chi connectivity index (χ1n) is 7.42. The van der Waals surface area contributed by atoms with Crippen molar-refractivity contribution < 1.29 is 9.53 Å². The highest BCUT2D eigenvalue weighted by Crippen LogP contribution is 2.34. The Hall–Kier alpha value is -1.43. The zero-order valence-corrected chi connectivity index (χ0v) is 14.8. The molecule has 1 fully saturated rings. The van der Waals surface area contributed by atoms with Gasteiger partial charge in [-0.2, -0.15) is 0 Å². The minimum Gasteiger partial charge on any atom is -0.385 e. The Balaban J connectivity index is 2.21. The molecule has 1 aromatic carbocycles. The second kappa shape index (κ2) is 7.90. The summed E-state index contributed by atoms with van der Waals surface area (Å²) in [5.74, 6) is 0.109. The molecule has 126 valence electrons. The number of rotatable bonds is 4. The molecule has 0 saturated carbocycles. The number of carbonyl (C=O) groups is 1. The van der Waals surface area contributed by atoms with Crippen molar-refractivity contribution in [1.29, 1.82) is 0 Å². The molecular weight excluding hydrogens is 337 g/mol. The maximum atomic E-state index is 12.1. The fraction of sp³-hybridized carbons (Fsp3) is 0.438. The Morgan fingerprint density at radius 3 is 2.57 bits per heavy atom. The van der Waals surface area contributed by atoms with Gasteiger partial charge in [0.15, 0.2) is 0 Å². The second-order valence-electron chi connectivity index (χ2n) is 5.60. The number of ether oxygens (including phenoxy) is 1. The normalized spacial score (nSPS) is 14.5. The molecule has 1 aliphatic heterocycles. The number of amides is 1. The van der Waals surface area contributed by atoms with E-state index in [1.54, 1.807) is 6.07 Å². The molecule has 0 unspecified atom stereocenters. The van der Waals surface area contributed by atoms with Crippen molar-refractivity contribution in [3.63, 3.8) is 0 Å². The van der Waals surface area contributed by atoms with Gasteiger partial charge in [0.05, 0.1) is 30.3 Å². The zero-order chi connectivity index (χ0) is 17.0. The molecule has 0 radical (unpaired) electrons. The van der Waals surface area contributed by atoms with Crippen molar-refractivity contribution >= 4 is 34.8 Å². The number of morpholine rings is 1. The van der Waals surface area contributed by atoms with E-state index in [-0.39, 0.29) is 12.3 Å². The van der Waals surface area contributed by atoms with E-state index in [1.165, 1.54) is 0 Å². The summed E-state index contributed by atoms with van der Waals surface area (Å²) in [6.45, 7) is 6.50. The minimum absolute atomic E-state index is 0.0732. The number of nitrogens with zero attached hydrogens (tertiary/aromatic N) is 1. The number of anilines is 1. The summed E-state index contributed by atoms with van der Waals surface area (Å²) in [5.41, 5.74) is 8.08. The minimum atomic E-state index is -0.244. The first-order chi connectivity index (χ1) is 10.9. The molecule has 1 aromatic rings. The van der Waals surface area contributed by atoms with Crippen LogP contribution in [-0.4, -0.2) is 32.2 Å². The standard InChI is InChI=1S/C16H21Cl2N3O2/c1-10(2)16(19)20-14(22)9-11-12(17)3-4-13(15(11)18)21-5-7-23-8-6-21/h3-4H,5-9,19H2,1-2H3,(H,20,22). The number of allylic oxidation sites excluding steroid dienone is 1. The molecule has 1 heterocycles. The third kappa shape index (κ3) is 4.53. The van der Waals surface area contributed by atoms with Crippen molar-refractivity contribution in [1.82, 2.24) is 5.32 Å². The van der Waals surface area contributed by atoms with Crippen LogP contribution in [0.15, 0.2) is 23.5 Å². The van der Waals surface area contributed by atoms with Gasteiger partial charge in [0.1, 0.15) is 5.82 Å². The van der Waals surface area contributed by atoms with Crippen LogP contribution in [0.1, 0.15) is 19.4 Å². The molecular formula is C16H21Cl2N3O2. The molecule has 0 aliphatic carbocycles. The summed E-state index contributed by atoms with van der Waals surface area (Å²) in [7, 11) is 0. The van der Waals surface area contributed by atoms with Crippen LogP contribution in [0.25, 0.3) is 0 Å². The molecule has 23 heavy (non-hydrogen) atoms. The maximum Gasteiger partial charge on any atom is 0.229 e. The van der Waals surface area contributed by atoms with Gasteiger partial charge in [0, 0.05) is 23.7 Å². The van der Waals surface area contributed by atoms with Crippen molar-refractivity contribution in [3.8, 4) is 0 Å². The molecule has 0 bridgehead atoms. The van der Waals surface area contributed by atoms with Crippen LogP contribution in [-0.2, 0) is 16.0 Å².